The predicted octanol–water partition coefficient (Wildman–Crippen LogP) is 4.68. The number of carbonyl (C=O) groups is 1. The lowest BCUT2D eigenvalue weighted by Gasteiger charge is -2.24. The van der Waals surface area contributed by atoms with Gasteiger partial charge in [-0.25, -0.2) is 21.8 Å². The molecule has 4 rings (SSSR count). The number of benzene rings is 3. The average Bonchev–Trinajstić information content (AvgIpc) is 2.89. The van der Waals surface area contributed by atoms with Crippen LogP contribution < -0.4 is 14.3 Å². The summed E-state index contributed by atoms with van der Waals surface area (Å²) >= 11 is 5.91. The summed E-state index contributed by atoms with van der Waals surface area (Å²) < 4.78 is 55.5. The highest BCUT2D eigenvalue weighted by Gasteiger charge is 2.27. The van der Waals surface area contributed by atoms with Crippen LogP contribution in [-0.2, 0) is 24.8 Å². The fourth-order valence-electron chi connectivity index (χ4n) is 3.43. The van der Waals surface area contributed by atoms with E-state index < -0.39 is 32.5 Å². The molecule has 1 heterocycles. The zero-order chi connectivity index (χ0) is 27.3. The molecule has 1 amide bonds. The van der Waals surface area contributed by atoms with Gasteiger partial charge in [0.1, 0.15) is 12.4 Å². The Morgan fingerprint density at radius 2 is 1.47 bits per heavy atom. The quantitative estimate of drug-likeness (QED) is 0.301. The maximum atomic E-state index is 13.4. The van der Waals surface area contributed by atoms with Crippen LogP contribution in [0.5, 0.6) is 0 Å². The van der Waals surface area contributed by atoms with Gasteiger partial charge in [-0.2, -0.15) is 0 Å². The molecule has 38 heavy (non-hydrogen) atoms. The van der Waals surface area contributed by atoms with Crippen molar-refractivity contribution >= 4 is 54.7 Å². The molecular weight excluding hydrogens is 548 g/mol. The second-order valence-corrected chi connectivity index (χ2v) is 12.2. The molecule has 4 aromatic rings. The van der Waals surface area contributed by atoms with Crippen LogP contribution in [-0.4, -0.2) is 34.3 Å². The number of anilines is 3. The zero-order valence-electron chi connectivity index (χ0n) is 20.1. The lowest BCUT2D eigenvalue weighted by molar-refractivity contribution is -0.114. The van der Waals surface area contributed by atoms with Gasteiger partial charge in [0.15, 0.2) is 0 Å². The van der Waals surface area contributed by atoms with Crippen molar-refractivity contribution in [2.45, 2.75) is 16.7 Å². The van der Waals surface area contributed by atoms with Crippen molar-refractivity contribution in [2.24, 2.45) is 0 Å². The van der Waals surface area contributed by atoms with Crippen molar-refractivity contribution in [3.63, 3.8) is 0 Å². The molecule has 0 radical (unpaired) electrons. The summed E-state index contributed by atoms with van der Waals surface area (Å²) in [5.74, 6) is -0.451. The monoisotopic (exact) mass is 570 g/mol. The van der Waals surface area contributed by atoms with Crippen molar-refractivity contribution < 1.29 is 21.6 Å². The molecule has 0 saturated carbocycles. The number of hydrogen-bond acceptors (Lipinski definition) is 6. The number of pyridine rings is 1. The number of nitrogens with zero attached hydrogens (tertiary/aromatic N) is 2. The van der Waals surface area contributed by atoms with Gasteiger partial charge in [-0.05, 0) is 79.7 Å². The molecule has 0 aliphatic carbocycles. The second-order valence-electron chi connectivity index (χ2n) is 8.19. The van der Waals surface area contributed by atoms with E-state index in [0.29, 0.717) is 16.4 Å². The van der Waals surface area contributed by atoms with Crippen molar-refractivity contribution in [2.75, 3.05) is 20.9 Å². The van der Waals surface area contributed by atoms with Crippen LogP contribution >= 0.6 is 11.6 Å². The molecule has 0 aliphatic rings. The van der Waals surface area contributed by atoms with Crippen molar-refractivity contribution in [1.29, 1.82) is 0 Å². The smallest absolute Gasteiger partial charge is 0.264 e. The Hall–Kier alpha value is -3.93. The highest BCUT2D eigenvalue weighted by atomic mass is 35.5. The number of carbonyl (C=O) groups excluding carboxylic acids is 1. The molecule has 2 N–H and O–H groups in total. The molecule has 0 fully saturated rings. The standard InChI is InChI=1S/C26H23ClN4O5S2/c1-19-5-11-22(12-6-19)31(38(35,36)24-13-7-20(27)8-14-24)18-26(32)29-21-9-15-23(16-10-21)37(33,34)30-25-4-2-3-17-28-25/h2-17H,18H2,1H3,(H,28,30)(H,29,32). The number of aromatic nitrogens is 1. The first-order valence-electron chi connectivity index (χ1n) is 11.2. The third-order valence-corrected chi connectivity index (χ3v) is 8.77. The number of amides is 1. The SMILES string of the molecule is Cc1ccc(N(CC(=O)Nc2ccc(S(=O)(=O)Nc3ccccn3)cc2)S(=O)(=O)c2ccc(Cl)cc2)cc1. The van der Waals surface area contributed by atoms with Crippen molar-refractivity contribution in [3.05, 3.63) is 108 Å². The summed E-state index contributed by atoms with van der Waals surface area (Å²) in [4.78, 5) is 16.8. The van der Waals surface area contributed by atoms with E-state index in [9.17, 15) is 21.6 Å². The third kappa shape index (κ3) is 6.49. The summed E-state index contributed by atoms with van der Waals surface area (Å²) in [7, 11) is -8.00. The Balaban J connectivity index is 1.53. The third-order valence-electron chi connectivity index (χ3n) is 5.36. The summed E-state index contributed by atoms with van der Waals surface area (Å²) in [6, 6.07) is 22.7. The Kier molecular flexibility index (Phi) is 8.00. The molecule has 0 bridgehead atoms. The van der Waals surface area contributed by atoms with Crippen LogP contribution in [0.15, 0.2) is 107 Å². The maximum Gasteiger partial charge on any atom is 0.264 e. The number of sulfonamides is 2. The number of halogens is 1. The summed E-state index contributed by atoms with van der Waals surface area (Å²) in [6.45, 7) is 1.35. The van der Waals surface area contributed by atoms with E-state index in [4.69, 9.17) is 11.6 Å². The van der Waals surface area contributed by atoms with Crippen LogP contribution in [0.3, 0.4) is 0 Å². The molecule has 1 aromatic heterocycles. The van der Waals surface area contributed by atoms with Crippen molar-refractivity contribution in [3.8, 4) is 0 Å². The number of rotatable bonds is 9. The fraction of sp³-hybridized carbons (Fsp3) is 0.0769. The topological polar surface area (TPSA) is 126 Å². The molecule has 0 atom stereocenters. The van der Waals surface area contributed by atoms with E-state index in [0.717, 1.165) is 9.87 Å². The molecule has 0 unspecified atom stereocenters. The minimum atomic E-state index is -4.11. The lowest BCUT2D eigenvalue weighted by Crippen LogP contribution is -2.38. The van der Waals surface area contributed by atoms with E-state index in [1.807, 2.05) is 6.92 Å². The van der Waals surface area contributed by atoms with Gasteiger partial charge in [0.2, 0.25) is 5.91 Å². The number of hydrogen-bond donors (Lipinski definition) is 2. The van der Waals surface area contributed by atoms with Gasteiger partial charge < -0.3 is 5.32 Å². The normalized spacial score (nSPS) is 11.5. The predicted molar refractivity (Wildman–Crippen MR) is 147 cm³/mol. The summed E-state index contributed by atoms with van der Waals surface area (Å²) in [5.41, 5.74) is 1.52. The van der Waals surface area contributed by atoms with Crippen molar-refractivity contribution in [1.82, 2.24) is 4.98 Å². The van der Waals surface area contributed by atoms with E-state index >= 15 is 0 Å². The van der Waals surface area contributed by atoms with Gasteiger partial charge in [-0.15, -0.1) is 0 Å². The van der Waals surface area contributed by atoms with E-state index in [1.54, 1.807) is 36.4 Å². The first kappa shape index (κ1) is 27.1. The largest absolute Gasteiger partial charge is 0.325 e. The zero-order valence-corrected chi connectivity index (χ0v) is 22.5. The van der Waals surface area contributed by atoms with Gasteiger partial charge >= 0.3 is 0 Å². The second kappa shape index (κ2) is 11.2. The van der Waals surface area contributed by atoms with E-state index in [2.05, 4.69) is 15.0 Å². The van der Waals surface area contributed by atoms with Gasteiger partial charge in [0.25, 0.3) is 20.0 Å². The van der Waals surface area contributed by atoms with Gasteiger partial charge in [-0.1, -0.05) is 35.4 Å². The molecule has 0 aliphatic heterocycles. The van der Waals surface area contributed by atoms with Crippen LogP contribution in [0.1, 0.15) is 5.56 Å². The minimum absolute atomic E-state index is 0.0229. The molecule has 0 saturated heterocycles. The van der Waals surface area contributed by atoms with Crippen LogP contribution in [0.4, 0.5) is 17.2 Å². The van der Waals surface area contributed by atoms with E-state index in [1.165, 1.54) is 60.8 Å². The van der Waals surface area contributed by atoms with Gasteiger partial charge in [0, 0.05) is 16.9 Å². The number of aryl methyl sites for hydroxylation is 1. The molecule has 196 valence electrons. The fourth-order valence-corrected chi connectivity index (χ4v) is 5.98. The van der Waals surface area contributed by atoms with Crippen LogP contribution in [0, 0.1) is 6.92 Å². The Morgan fingerprint density at radius 3 is 2.08 bits per heavy atom. The first-order chi connectivity index (χ1) is 18.0. The lowest BCUT2D eigenvalue weighted by atomic mass is 10.2. The molecular formula is C26H23ClN4O5S2. The average molecular weight is 571 g/mol. The molecule has 9 nitrogen and oxygen atoms in total. The Bertz CT molecular complexity index is 1630. The minimum Gasteiger partial charge on any atom is -0.325 e. The van der Waals surface area contributed by atoms with E-state index in [-0.39, 0.29) is 15.6 Å². The van der Waals surface area contributed by atoms with Crippen LogP contribution in [0.25, 0.3) is 0 Å². The van der Waals surface area contributed by atoms with Crippen LogP contribution in [0.2, 0.25) is 5.02 Å². The Morgan fingerprint density at radius 1 is 0.842 bits per heavy atom. The molecule has 12 heteroatoms. The molecule has 3 aromatic carbocycles. The first-order valence-corrected chi connectivity index (χ1v) is 14.5. The summed E-state index contributed by atoms with van der Waals surface area (Å²) in [5, 5.41) is 3.00. The number of nitrogens with one attached hydrogen (secondary N) is 2. The maximum absolute atomic E-state index is 13.4. The highest BCUT2D eigenvalue weighted by Crippen LogP contribution is 2.25. The highest BCUT2D eigenvalue weighted by molar-refractivity contribution is 7.93. The Labute approximate surface area is 226 Å². The van der Waals surface area contributed by atoms with Gasteiger partial charge in [0.05, 0.1) is 15.5 Å². The summed E-state index contributed by atoms with van der Waals surface area (Å²) in [6.07, 6.45) is 1.46. The van der Waals surface area contributed by atoms with Gasteiger partial charge in [-0.3, -0.25) is 13.8 Å². The molecule has 0 spiro atoms.